The second-order valence-electron chi connectivity index (χ2n) is 18.0. The Kier molecular flexibility index (Phi) is 8.52. The molecule has 7 aromatic rings. The third kappa shape index (κ3) is 5.78. The van der Waals surface area contributed by atoms with Crippen molar-refractivity contribution in [2.75, 3.05) is 0 Å². The van der Waals surface area contributed by atoms with Gasteiger partial charge in [-0.2, -0.15) is 0 Å². The highest BCUT2D eigenvalue weighted by Gasteiger charge is 2.39. The van der Waals surface area contributed by atoms with Crippen LogP contribution in [0.15, 0.2) is 133 Å². The number of hydrogen-bond acceptors (Lipinski definition) is 3. The van der Waals surface area contributed by atoms with Gasteiger partial charge in [0.05, 0.1) is 17.1 Å². The van der Waals surface area contributed by atoms with Gasteiger partial charge in [-0.05, 0) is 163 Å². The molecule has 5 heteroatoms. The van der Waals surface area contributed by atoms with Crippen LogP contribution in [-0.2, 0) is 19.3 Å². The molecule has 0 radical (unpaired) electrons. The summed E-state index contributed by atoms with van der Waals surface area (Å²) in [4.78, 5) is 1.45. The molecule has 6 aliphatic rings. The quantitative estimate of drug-likeness (QED) is 0.170. The molecule has 0 saturated carbocycles. The Hall–Kier alpha value is -5.72. The second-order valence-corrected chi connectivity index (χ2v) is 19.1. The van der Waals surface area contributed by atoms with Crippen LogP contribution in [0.1, 0.15) is 107 Å². The molecule has 5 aliphatic carbocycles. The van der Waals surface area contributed by atoms with Gasteiger partial charge in [0.15, 0.2) is 0 Å². The summed E-state index contributed by atoms with van der Waals surface area (Å²) in [6, 6.07) is 32.9. The van der Waals surface area contributed by atoms with Gasteiger partial charge < -0.3 is 9.13 Å². The fraction of sp³-hybridized carbons (Fsp3) is 0.250. The lowest BCUT2D eigenvalue weighted by Gasteiger charge is -2.43. The number of aromatic nitrogens is 2. The smallest absolute Gasteiger partial charge is 0.140 e. The maximum absolute atomic E-state index is 4.26. The van der Waals surface area contributed by atoms with Gasteiger partial charge in [0.1, 0.15) is 6.29 Å². The third-order valence-corrected chi connectivity index (χ3v) is 15.9. The molecule has 2 N–H and O–H groups in total. The summed E-state index contributed by atoms with van der Waals surface area (Å²) in [6.45, 7) is 0. The number of hydrogen-bond donors (Lipinski definition) is 2. The summed E-state index contributed by atoms with van der Waals surface area (Å²) in [6.07, 6.45) is 35.1. The number of nitrogens with zero attached hydrogens (tertiary/aromatic N) is 2. The van der Waals surface area contributed by atoms with Crippen molar-refractivity contribution in [3.63, 3.8) is 0 Å². The fourth-order valence-electron chi connectivity index (χ4n) is 11.7. The normalized spacial score (nSPS) is 22.9. The lowest BCUT2D eigenvalue weighted by atomic mass is 9.83. The minimum atomic E-state index is -0.0123. The average Bonchev–Trinajstić information content (AvgIpc) is 3.99. The van der Waals surface area contributed by atoms with Crippen molar-refractivity contribution in [1.29, 1.82) is 0 Å². The summed E-state index contributed by atoms with van der Waals surface area (Å²) >= 11 is 2.00. The van der Waals surface area contributed by atoms with E-state index in [4.69, 9.17) is 0 Å². The second kappa shape index (κ2) is 14.4. The predicted molar refractivity (Wildman–Crippen MR) is 258 cm³/mol. The Balaban J connectivity index is 0.899. The highest BCUT2D eigenvalue weighted by molar-refractivity contribution is 7.20. The molecule has 0 bridgehead atoms. The van der Waals surface area contributed by atoms with Gasteiger partial charge in [0.2, 0.25) is 0 Å². The van der Waals surface area contributed by atoms with Crippen molar-refractivity contribution in [2.24, 2.45) is 0 Å². The topological polar surface area (TPSA) is 33.9 Å². The molecule has 0 amide bonds. The van der Waals surface area contributed by atoms with Crippen LogP contribution in [-0.4, -0.2) is 15.2 Å². The van der Waals surface area contributed by atoms with Crippen molar-refractivity contribution < 1.29 is 0 Å². The third-order valence-electron chi connectivity index (χ3n) is 14.6. The molecule has 0 spiro atoms. The molecule has 3 aromatic heterocycles. The Morgan fingerprint density at radius 2 is 1.49 bits per heavy atom. The van der Waals surface area contributed by atoms with E-state index in [1.807, 2.05) is 11.3 Å². The van der Waals surface area contributed by atoms with E-state index in [-0.39, 0.29) is 12.3 Å². The number of allylic oxidation sites excluding steroid dienone is 8. The largest absolute Gasteiger partial charge is 0.313 e. The van der Waals surface area contributed by atoms with Crippen molar-refractivity contribution in [2.45, 2.75) is 88.5 Å². The standard InChI is InChI=1S/C56H50N4S/c1-3-14-35(15-4-1)36-26-29-50-46(32-36)47-34-38(27-30-51(47)59(50)39-16-5-2-6-17-39)37-28-31-52-45(33-37)40-18-8-11-24-49(40)60(52)56-57-48-23-10-7-20-43(48)54(58-56)44-22-13-21-42-41-19-9-12-25-53(41)61-55(42)44/h1-5,11-16,20-22,24-32,34,37,48,54,56-58H,6-10,17-19,23,33H2. The zero-order valence-electron chi connectivity index (χ0n) is 34.5. The summed E-state index contributed by atoms with van der Waals surface area (Å²) in [7, 11) is 0. The zero-order chi connectivity index (χ0) is 40.0. The van der Waals surface area contributed by atoms with Crippen molar-refractivity contribution in [3.8, 4) is 11.1 Å². The molecule has 61 heavy (non-hydrogen) atoms. The van der Waals surface area contributed by atoms with E-state index in [0.717, 1.165) is 51.4 Å². The van der Waals surface area contributed by atoms with E-state index < -0.39 is 0 Å². The van der Waals surface area contributed by atoms with Gasteiger partial charge in [-0.1, -0.05) is 97.1 Å². The Morgan fingerprint density at radius 1 is 0.656 bits per heavy atom. The molecule has 4 heterocycles. The van der Waals surface area contributed by atoms with Crippen LogP contribution >= 0.6 is 11.3 Å². The van der Waals surface area contributed by atoms with E-state index in [2.05, 4.69) is 165 Å². The minimum absolute atomic E-state index is 0.0123. The molecular formula is C56H50N4S. The molecule has 300 valence electrons. The van der Waals surface area contributed by atoms with Gasteiger partial charge in [-0.15, -0.1) is 11.3 Å². The minimum Gasteiger partial charge on any atom is -0.313 e. The molecule has 1 fully saturated rings. The number of aryl methyl sites for hydroxylation is 1. The number of fused-ring (bicyclic) bond motifs is 10. The molecule has 4 nitrogen and oxygen atoms in total. The van der Waals surface area contributed by atoms with Crippen LogP contribution in [0, 0.1) is 0 Å². The number of benzene rings is 4. The van der Waals surface area contributed by atoms with Crippen LogP contribution in [0.5, 0.6) is 0 Å². The van der Waals surface area contributed by atoms with Crippen molar-refractivity contribution in [3.05, 3.63) is 177 Å². The first-order valence-corrected chi connectivity index (χ1v) is 23.6. The van der Waals surface area contributed by atoms with Crippen molar-refractivity contribution in [1.82, 2.24) is 19.8 Å². The zero-order valence-corrected chi connectivity index (χ0v) is 35.4. The van der Waals surface area contributed by atoms with E-state index in [0.29, 0.717) is 12.0 Å². The molecule has 4 unspecified atom stereocenters. The lowest BCUT2D eigenvalue weighted by molar-refractivity contribution is 0.225. The van der Waals surface area contributed by atoms with Crippen LogP contribution in [0.4, 0.5) is 0 Å². The van der Waals surface area contributed by atoms with Gasteiger partial charge in [-0.3, -0.25) is 10.6 Å². The average molecular weight is 811 g/mol. The first-order chi connectivity index (χ1) is 30.2. The maximum atomic E-state index is 4.26. The van der Waals surface area contributed by atoms with Crippen molar-refractivity contribution >= 4 is 67.2 Å². The van der Waals surface area contributed by atoms with E-state index in [9.17, 15) is 0 Å². The van der Waals surface area contributed by atoms with Crippen LogP contribution in [0.3, 0.4) is 0 Å². The summed E-state index contributed by atoms with van der Waals surface area (Å²) < 4.78 is 6.63. The molecule has 4 aromatic carbocycles. The summed E-state index contributed by atoms with van der Waals surface area (Å²) in [5, 5.41) is 12.6. The Labute approximate surface area is 362 Å². The molecule has 1 saturated heterocycles. The first kappa shape index (κ1) is 36.0. The highest BCUT2D eigenvalue weighted by atomic mass is 32.1. The Morgan fingerprint density at radius 3 is 2.39 bits per heavy atom. The molecule has 13 rings (SSSR count). The number of rotatable bonds is 5. The number of thiophene rings is 1. The van der Waals surface area contributed by atoms with E-state index >= 15 is 0 Å². The maximum Gasteiger partial charge on any atom is 0.140 e. The fourth-order valence-corrected chi connectivity index (χ4v) is 13.1. The lowest BCUT2D eigenvalue weighted by Crippen LogP contribution is -2.54. The Bertz CT molecular complexity index is 3120. The van der Waals surface area contributed by atoms with E-state index in [1.54, 1.807) is 11.1 Å². The predicted octanol–water partition coefficient (Wildman–Crippen LogP) is 13.8. The number of nitrogens with one attached hydrogen (secondary N) is 2. The van der Waals surface area contributed by atoms with Crippen LogP contribution < -0.4 is 10.6 Å². The monoisotopic (exact) mass is 810 g/mol. The highest BCUT2D eigenvalue weighted by Crippen LogP contribution is 2.46. The van der Waals surface area contributed by atoms with Gasteiger partial charge in [0.25, 0.3) is 0 Å². The van der Waals surface area contributed by atoms with E-state index in [1.165, 1.54) is 100 Å². The molecule has 1 aliphatic heterocycles. The van der Waals surface area contributed by atoms with Gasteiger partial charge in [-0.25, -0.2) is 0 Å². The van der Waals surface area contributed by atoms with Gasteiger partial charge >= 0.3 is 0 Å². The van der Waals surface area contributed by atoms with Crippen LogP contribution in [0.2, 0.25) is 0 Å². The molecule has 4 atom stereocenters. The molecular weight excluding hydrogens is 761 g/mol. The summed E-state index contributed by atoms with van der Waals surface area (Å²) in [5.74, 6) is 0.305. The SMILES string of the molecule is C1=CCCC(n2c3ccc(-c4ccccc4)cc3c3cc(C4C=Cc5c(c6c(n5C5NC7CCCC=C7C(c7cccc8c9c(sc78)C=CCC9)N5)C=CCC6)C4)ccc32)=C1. The van der Waals surface area contributed by atoms with Gasteiger partial charge in [0, 0.05) is 49.4 Å². The first-order valence-electron chi connectivity index (χ1n) is 22.8. The van der Waals surface area contributed by atoms with Crippen LogP contribution in [0.25, 0.3) is 66.9 Å². The summed E-state index contributed by atoms with van der Waals surface area (Å²) in [5.41, 5.74) is 18.2.